The van der Waals surface area contributed by atoms with Gasteiger partial charge in [-0.3, -0.25) is 19.1 Å². The molecule has 3 aromatic heterocycles. The maximum absolute atomic E-state index is 14.7. The first-order chi connectivity index (χ1) is 19.3. The minimum Gasteiger partial charge on any atom is -0.491 e. The first-order valence-electron chi connectivity index (χ1n) is 11.9. The first kappa shape index (κ1) is 26.3. The van der Waals surface area contributed by atoms with Crippen LogP contribution in [0.1, 0.15) is 15.9 Å². The van der Waals surface area contributed by atoms with Crippen molar-refractivity contribution >= 4 is 22.6 Å². The zero-order valence-corrected chi connectivity index (χ0v) is 21.6. The highest BCUT2D eigenvalue weighted by molar-refractivity contribution is 6.05. The van der Waals surface area contributed by atoms with Crippen molar-refractivity contribution < 1.29 is 27.8 Å². The van der Waals surface area contributed by atoms with E-state index in [1.54, 1.807) is 42.6 Å². The predicted octanol–water partition coefficient (Wildman–Crippen LogP) is 5.43. The van der Waals surface area contributed by atoms with Gasteiger partial charge in [0, 0.05) is 41.5 Å². The van der Waals surface area contributed by atoms with E-state index in [2.05, 4.69) is 15.3 Å². The Labute approximate surface area is 226 Å². The number of amides is 1. The molecule has 0 unspecified atom stereocenters. The van der Waals surface area contributed by atoms with Gasteiger partial charge >= 0.3 is 0 Å². The number of carbonyl (C=O) groups excluding carboxylic acids is 1. The minimum atomic E-state index is -0.795. The lowest BCUT2D eigenvalue weighted by Crippen LogP contribution is -2.30. The molecule has 5 aromatic rings. The lowest BCUT2D eigenvalue weighted by molar-refractivity contribution is 0.102. The van der Waals surface area contributed by atoms with Crippen molar-refractivity contribution in [2.24, 2.45) is 0 Å². The van der Waals surface area contributed by atoms with Crippen molar-refractivity contribution in [1.29, 1.82) is 0 Å². The van der Waals surface area contributed by atoms with Crippen molar-refractivity contribution in [2.45, 2.75) is 6.92 Å². The topological polar surface area (TPSA) is 105 Å². The Balaban J connectivity index is 1.39. The van der Waals surface area contributed by atoms with Crippen molar-refractivity contribution in [3.63, 3.8) is 0 Å². The van der Waals surface area contributed by atoms with Crippen molar-refractivity contribution in [3.8, 4) is 28.8 Å². The molecule has 40 heavy (non-hydrogen) atoms. The van der Waals surface area contributed by atoms with Crippen LogP contribution in [0.3, 0.4) is 0 Å². The molecule has 0 spiro atoms. The van der Waals surface area contributed by atoms with Crippen LogP contribution in [-0.4, -0.2) is 34.7 Å². The van der Waals surface area contributed by atoms with Crippen LogP contribution in [0.25, 0.3) is 16.7 Å². The van der Waals surface area contributed by atoms with E-state index in [-0.39, 0.29) is 22.7 Å². The fourth-order valence-corrected chi connectivity index (χ4v) is 4.04. The van der Waals surface area contributed by atoms with Crippen LogP contribution < -0.4 is 25.1 Å². The second-order valence-electron chi connectivity index (χ2n) is 8.59. The van der Waals surface area contributed by atoms with Gasteiger partial charge < -0.3 is 19.5 Å². The van der Waals surface area contributed by atoms with Gasteiger partial charge in [-0.05, 0) is 55.5 Å². The summed E-state index contributed by atoms with van der Waals surface area (Å²) in [7, 11) is 2.98. The number of benzene rings is 2. The summed E-state index contributed by atoms with van der Waals surface area (Å²) in [5.41, 5.74) is 0.334. The third kappa shape index (κ3) is 5.04. The van der Waals surface area contributed by atoms with Crippen molar-refractivity contribution in [3.05, 3.63) is 106 Å². The number of carbonyl (C=O) groups is 1. The van der Waals surface area contributed by atoms with Crippen LogP contribution in [0.2, 0.25) is 0 Å². The number of methoxy groups -OCH3 is 2. The number of pyridine rings is 3. The van der Waals surface area contributed by atoms with E-state index in [0.29, 0.717) is 34.0 Å². The predicted molar refractivity (Wildman–Crippen MR) is 144 cm³/mol. The molecule has 1 N–H and O–H groups in total. The molecule has 9 nitrogen and oxygen atoms in total. The number of nitrogens with zero attached hydrogens (tertiary/aromatic N) is 3. The highest BCUT2D eigenvalue weighted by atomic mass is 19.1. The molecule has 0 aliphatic carbocycles. The average Bonchev–Trinajstić information content (AvgIpc) is 2.96. The van der Waals surface area contributed by atoms with E-state index in [1.165, 1.54) is 33.3 Å². The summed E-state index contributed by atoms with van der Waals surface area (Å²) >= 11 is 0. The largest absolute Gasteiger partial charge is 0.491 e. The summed E-state index contributed by atoms with van der Waals surface area (Å²) in [6.45, 7) is 1.34. The molecular weight excluding hydrogens is 522 g/mol. The smallest absolute Gasteiger partial charge is 0.268 e. The first-order valence-corrected chi connectivity index (χ1v) is 11.9. The van der Waals surface area contributed by atoms with Gasteiger partial charge in [-0.1, -0.05) is 0 Å². The van der Waals surface area contributed by atoms with Gasteiger partial charge in [0.2, 0.25) is 0 Å². The Morgan fingerprint density at radius 3 is 2.35 bits per heavy atom. The number of halogens is 2. The molecule has 0 saturated heterocycles. The maximum Gasteiger partial charge on any atom is 0.268 e. The third-order valence-electron chi connectivity index (χ3n) is 6.10. The molecule has 0 aliphatic rings. The zero-order valence-electron chi connectivity index (χ0n) is 21.6. The van der Waals surface area contributed by atoms with E-state index in [4.69, 9.17) is 14.2 Å². The summed E-state index contributed by atoms with van der Waals surface area (Å²) in [6.07, 6.45) is 2.54. The molecule has 2 aromatic carbocycles. The van der Waals surface area contributed by atoms with Gasteiger partial charge in [0.1, 0.15) is 28.5 Å². The number of aromatic nitrogens is 3. The number of hydrogen-bond donors (Lipinski definition) is 1. The van der Waals surface area contributed by atoms with Crippen LogP contribution in [-0.2, 0) is 0 Å². The Morgan fingerprint density at radius 2 is 1.68 bits per heavy atom. The van der Waals surface area contributed by atoms with Crippen LogP contribution >= 0.6 is 0 Å². The lowest BCUT2D eigenvalue weighted by Gasteiger charge is -2.13. The SMILES string of the molecule is COc1cc2nccc(Oc3ccc(NC(=O)c4c(C)c(F)cn(-c5ccc(F)cc5)c4=O)cc3)c2nc1OC. The van der Waals surface area contributed by atoms with E-state index in [0.717, 1.165) is 22.9 Å². The van der Waals surface area contributed by atoms with E-state index >= 15 is 0 Å². The Morgan fingerprint density at radius 1 is 0.950 bits per heavy atom. The number of hydrogen-bond acceptors (Lipinski definition) is 7. The summed E-state index contributed by atoms with van der Waals surface area (Å²) in [6, 6.07) is 14.6. The second-order valence-corrected chi connectivity index (χ2v) is 8.59. The molecule has 0 saturated carbocycles. The Kier molecular flexibility index (Phi) is 7.11. The molecule has 1 amide bonds. The van der Waals surface area contributed by atoms with Gasteiger partial charge in [-0.25, -0.2) is 13.8 Å². The Hall–Kier alpha value is -5.32. The van der Waals surface area contributed by atoms with Crippen molar-refractivity contribution in [1.82, 2.24) is 14.5 Å². The van der Waals surface area contributed by atoms with Crippen molar-refractivity contribution in [2.75, 3.05) is 19.5 Å². The summed E-state index contributed by atoms with van der Waals surface area (Å²) in [5.74, 6) is -0.512. The van der Waals surface area contributed by atoms with Gasteiger partial charge in [-0.2, -0.15) is 0 Å². The maximum atomic E-state index is 14.7. The fraction of sp³-hybridized carbons (Fsp3) is 0.103. The summed E-state index contributed by atoms with van der Waals surface area (Å²) < 4.78 is 45.5. The van der Waals surface area contributed by atoms with Crippen LogP contribution in [0.5, 0.6) is 23.1 Å². The zero-order chi connectivity index (χ0) is 28.4. The Bertz CT molecular complexity index is 1790. The van der Waals surface area contributed by atoms with E-state index < -0.39 is 23.1 Å². The molecule has 0 fully saturated rings. The standard InChI is InChI=1S/C29H22F2N4O5/c1-16-21(31)15-35(19-8-4-17(30)5-9-19)29(37)25(16)27(36)33-18-6-10-20(11-7-18)40-23-12-13-32-22-14-24(38-2)28(39-3)34-26(22)23/h4-15H,1-3H3,(H,33,36). The average molecular weight is 545 g/mol. The summed E-state index contributed by atoms with van der Waals surface area (Å²) in [5, 5.41) is 2.62. The number of rotatable bonds is 7. The molecule has 3 heterocycles. The van der Waals surface area contributed by atoms with Gasteiger partial charge in [-0.15, -0.1) is 0 Å². The molecule has 0 radical (unpaired) electrons. The molecular formula is C29H22F2N4O5. The monoisotopic (exact) mass is 544 g/mol. The number of nitrogens with one attached hydrogen (secondary N) is 1. The van der Waals surface area contributed by atoms with Crippen LogP contribution in [0.15, 0.2) is 77.9 Å². The number of ether oxygens (including phenoxy) is 3. The van der Waals surface area contributed by atoms with Gasteiger partial charge in [0.25, 0.3) is 17.3 Å². The summed E-state index contributed by atoms with van der Waals surface area (Å²) in [4.78, 5) is 34.9. The number of anilines is 1. The van der Waals surface area contributed by atoms with E-state index in [1.807, 2.05) is 0 Å². The fourth-order valence-electron chi connectivity index (χ4n) is 4.04. The highest BCUT2D eigenvalue weighted by Gasteiger charge is 2.21. The third-order valence-corrected chi connectivity index (χ3v) is 6.10. The molecule has 11 heteroatoms. The molecule has 0 aliphatic heterocycles. The van der Waals surface area contributed by atoms with Gasteiger partial charge in [0.15, 0.2) is 11.5 Å². The molecule has 0 atom stereocenters. The molecule has 0 bridgehead atoms. The van der Waals surface area contributed by atoms with E-state index in [9.17, 15) is 18.4 Å². The normalized spacial score (nSPS) is 10.8. The highest BCUT2D eigenvalue weighted by Crippen LogP contribution is 2.34. The minimum absolute atomic E-state index is 0.107. The lowest BCUT2D eigenvalue weighted by atomic mass is 10.1. The molecule has 202 valence electrons. The number of fused-ring (bicyclic) bond motifs is 1. The van der Waals surface area contributed by atoms with Gasteiger partial charge in [0.05, 0.1) is 19.7 Å². The van der Waals surface area contributed by atoms with Crippen LogP contribution in [0.4, 0.5) is 14.5 Å². The quantitative estimate of drug-likeness (QED) is 0.291. The molecule has 5 rings (SSSR count). The van der Waals surface area contributed by atoms with Crippen LogP contribution in [0, 0.1) is 18.6 Å². The second kappa shape index (κ2) is 10.8.